The van der Waals surface area contributed by atoms with Crippen molar-refractivity contribution in [3.05, 3.63) is 0 Å². The van der Waals surface area contributed by atoms with Gasteiger partial charge in [-0.2, -0.15) is 13.2 Å². The molecule has 0 bridgehead atoms. The largest absolute Gasteiger partial charge is 0.444 e. The number of amides is 1. The molecule has 1 atom stereocenters. The molecule has 0 aliphatic heterocycles. The van der Waals surface area contributed by atoms with E-state index in [4.69, 9.17) is 5.11 Å². The zero-order valence-corrected chi connectivity index (χ0v) is 8.68. The summed E-state index contributed by atoms with van der Waals surface area (Å²) in [4.78, 5) is 10.9. The summed E-state index contributed by atoms with van der Waals surface area (Å²) in [5.41, 5.74) is -0.879. The van der Waals surface area contributed by atoms with Gasteiger partial charge in [-0.15, -0.1) is 0 Å². The first-order valence-electron chi connectivity index (χ1n) is 4.23. The van der Waals surface area contributed by atoms with Gasteiger partial charge in [0.25, 0.3) is 0 Å². The van der Waals surface area contributed by atoms with E-state index in [0.717, 1.165) is 0 Å². The van der Waals surface area contributed by atoms with Crippen LogP contribution in [0.3, 0.4) is 0 Å². The average Bonchev–Trinajstić information content (AvgIpc) is 1.94. The highest BCUT2D eigenvalue weighted by molar-refractivity contribution is 5.68. The van der Waals surface area contributed by atoms with E-state index in [2.05, 4.69) is 4.74 Å². The third-order valence-electron chi connectivity index (χ3n) is 1.27. The molecule has 0 spiro atoms. The second-order valence-corrected chi connectivity index (χ2v) is 3.92. The lowest BCUT2D eigenvalue weighted by Crippen LogP contribution is -2.49. The fraction of sp³-hybridized carbons (Fsp3) is 0.875. The monoisotopic (exact) mass is 229 g/mol. The second-order valence-electron chi connectivity index (χ2n) is 3.92. The number of alkyl carbamates (subject to hydrolysis) is 1. The van der Waals surface area contributed by atoms with Crippen molar-refractivity contribution in [1.29, 1.82) is 0 Å². The summed E-state index contributed by atoms with van der Waals surface area (Å²) in [6.07, 6.45) is -5.90. The minimum atomic E-state index is -4.69. The van der Waals surface area contributed by atoms with Crippen molar-refractivity contribution in [3.63, 3.8) is 0 Å². The number of nitrogens with one attached hydrogen (secondary N) is 1. The molecule has 0 aliphatic carbocycles. The van der Waals surface area contributed by atoms with E-state index in [1.807, 2.05) is 0 Å². The van der Waals surface area contributed by atoms with E-state index in [9.17, 15) is 18.0 Å². The predicted octanol–water partition coefficient (Wildman–Crippen LogP) is 1.43. The fourth-order valence-electron chi connectivity index (χ4n) is 0.681. The maximum Gasteiger partial charge on any atom is 0.410 e. The van der Waals surface area contributed by atoms with Gasteiger partial charge < -0.3 is 15.2 Å². The molecule has 90 valence electrons. The zero-order chi connectivity index (χ0) is 12.3. The molecule has 0 aromatic heterocycles. The second kappa shape index (κ2) is 4.69. The first-order chi connectivity index (χ1) is 6.56. The van der Waals surface area contributed by atoms with Gasteiger partial charge in [-0.25, -0.2) is 4.79 Å². The molecule has 0 unspecified atom stereocenters. The first kappa shape index (κ1) is 14.0. The van der Waals surface area contributed by atoms with Gasteiger partial charge in [0.05, 0.1) is 6.61 Å². The number of hydrogen-bond donors (Lipinski definition) is 2. The Labute approximate surface area is 85.4 Å². The Hall–Kier alpha value is -0.980. The maximum absolute atomic E-state index is 12.1. The van der Waals surface area contributed by atoms with Crippen LogP contribution in [0.2, 0.25) is 0 Å². The van der Waals surface area contributed by atoms with Crippen LogP contribution in [0.4, 0.5) is 18.0 Å². The van der Waals surface area contributed by atoms with E-state index >= 15 is 0 Å². The molecule has 2 N–H and O–H groups in total. The van der Waals surface area contributed by atoms with Gasteiger partial charge in [0, 0.05) is 0 Å². The van der Waals surface area contributed by atoms with Gasteiger partial charge in [0.2, 0.25) is 0 Å². The Balaban J connectivity index is 4.27. The SMILES string of the molecule is CC(C)(C)OC(=O)N[C@@H](CO)C(F)(F)F. The molecule has 1 amide bonds. The number of hydrogen-bond acceptors (Lipinski definition) is 3. The molecule has 4 nitrogen and oxygen atoms in total. The molecule has 0 saturated carbocycles. The maximum atomic E-state index is 12.1. The van der Waals surface area contributed by atoms with Crippen molar-refractivity contribution >= 4 is 6.09 Å². The summed E-state index contributed by atoms with van der Waals surface area (Å²) in [5, 5.41) is 9.95. The summed E-state index contributed by atoms with van der Waals surface area (Å²) in [6, 6.07) is -2.30. The summed E-state index contributed by atoms with van der Waals surface area (Å²) in [5.74, 6) is 0. The van der Waals surface area contributed by atoms with Gasteiger partial charge in [0.1, 0.15) is 5.60 Å². The molecule has 0 rings (SSSR count). The molecule has 0 saturated heterocycles. The van der Waals surface area contributed by atoms with Crippen LogP contribution in [-0.4, -0.2) is 35.6 Å². The van der Waals surface area contributed by atoms with Crippen LogP contribution in [0.5, 0.6) is 0 Å². The van der Waals surface area contributed by atoms with E-state index in [1.54, 1.807) is 0 Å². The lowest BCUT2D eigenvalue weighted by Gasteiger charge is -2.23. The number of ether oxygens (including phenoxy) is 1. The molecule has 0 aromatic carbocycles. The number of halogens is 3. The van der Waals surface area contributed by atoms with Crippen molar-refractivity contribution in [3.8, 4) is 0 Å². The van der Waals surface area contributed by atoms with Gasteiger partial charge in [-0.1, -0.05) is 0 Å². The summed E-state index contributed by atoms with van der Waals surface area (Å²) in [6.45, 7) is 3.35. The Kier molecular flexibility index (Phi) is 4.39. The van der Waals surface area contributed by atoms with E-state index in [-0.39, 0.29) is 0 Å². The third-order valence-corrected chi connectivity index (χ3v) is 1.27. The fourth-order valence-corrected chi connectivity index (χ4v) is 0.681. The molecular weight excluding hydrogens is 215 g/mol. The minimum absolute atomic E-state index is 0.879. The highest BCUT2D eigenvalue weighted by atomic mass is 19.4. The van der Waals surface area contributed by atoms with Crippen LogP contribution < -0.4 is 5.32 Å². The highest BCUT2D eigenvalue weighted by Gasteiger charge is 2.40. The molecule has 15 heavy (non-hydrogen) atoms. The molecule has 0 radical (unpaired) electrons. The molecule has 0 fully saturated rings. The Bertz CT molecular complexity index is 222. The van der Waals surface area contributed by atoms with Gasteiger partial charge in [-0.05, 0) is 20.8 Å². The Morgan fingerprint density at radius 3 is 2.13 bits per heavy atom. The van der Waals surface area contributed by atoms with Gasteiger partial charge in [0.15, 0.2) is 6.04 Å². The van der Waals surface area contributed by atoms with Crippen LogP contribution in [0.25, 0.3) is 0 Å². The molecule has 7 heteroatoms. The van der Waals surface area contributed by atoms with Crippen molar-refractivity contribution < 1.29 is 27.8 Å². The third kappa shape index (κ3) is 6.16. The van der Waals surface area contributed by atoms with E-state index in [0.29, 0.717) is 0 Å². The van der Waals surface area contributed by atoms with Crippen LogP contribution in [-0.2, 0) is 4.74 Å². The smallest absolute Gasteiger partial charge is 0.410 e. The number of alkyl halides is 3. The summed E-state index contributed by atoms with van der Waals surface area (Å²) >= 11 is 0. The van der Waals surface area contributed by atoms with Crippen molar-refractivity contribution in [2.45, 2.75) is 38.6 Å². The van der Waals surface area contributed by atoms with Crippen LogP contribution in [0.15, 0.2) is 0 Å². The summed E-state index contributed by atoms with van der Waals surface area (Å²) < 4.78 is 40.9. The Morgan fingerprint density at radius 1 is 1.40 bits per heavy atom. The highest BCUT2D eigenvalue weighted by Crippen LogP contribution is 2.20. The van der Waals surface area contributed by atoms with Crippen LogP contribution >= 0.6 is 0 Å². The number of aliphatic hydroxyl groups is 1. The molecule has 0 aliphatic rings. The lowest BCUT2D eigenvalue weighted by molar-refractivity contribution is -0.162. The zero-order valence-electron chi connectivity index (χ0n) is 8.68. The average molecular weight is 229 g/mol. The first-order valence-corrected chi connectivity index (χ1v) is 4.23. The molecular formula is C8H14F3NO3. The van der Waals surface area contributed by atoms with E-state index < -0.39 is 30.5 Å². The molecule has 0 aromatic rings. The van der Waals surface area contributed by atoms with Crippen LogP contribution in [0.1, 0.15) is 20.8 Å². The minimum Gasteiger partial charge on any atom is -0.444 e. The van der Waals surface area contributed by atoms with E-state index in [1.165, 1.54) is 26.1 Å². The lowest BCUT2D eigenvalue weighted by atomic mass is 10.2. The normalized spacial score (nSPS) is 14.6. The predicted molar refractivity (Wildman–Crippen MR) is 46.3 cm³/mol. The number of carbonyl (C=O) groups excluding carboxylic acids is 1. The van der Waals surface area contributed by atoms with Gasteiger partial charge in [-0.3, -0.25) is 0 Å². The number of aliphatic hydroxyl groups excluding tert-OH is 1. The molecule has 0 heterocycles. The number of rotatable bonds is 2. The van der Waals surface area contributed by atoms with Crippen molar-refractivity contribution in [2.75, 3.05) is 6.61 Å². The Morgan fingerprint density at radius 2 is 1.87 bits per heavy atom. The van der Waals surface area contributed by atoms with Gasteiger partial charge >= 0.3 is 12.3 Å². The van der Waals surface area contributed by atoms with Crippen LogP contribution in [0, 0.1) is 0 Å². The number of carbonyl (C=O) groups is 1. The van der Waals surface area contributed by atoms with Crippen molar-refractivity contribution in [2.24, 2.45) is 0 Å². The summed E-state index contributed by atoms with van der Waals surface area (Å²) in [7, 11) is 0. The van der Waals surface area contributed by atoms with Crippen molar-refractivity contribution in [1.82, 2.24) is 5.32 Å². The topological polar surface area (TPSA) is 58.6 Å². The quantitative estimate of drug-likeness (QED) is 0.753. The standard InChI is InChI=1S/C8H14F3NO3/c1-7(2,3)15-6(14)12-5(4-13)8(9,10)11/h5,13H,4H2,1-3H3,(H,12,14)/t5-/m0/s1.